The lowest BCUT2D eigenvalue weighted by molar-refractivity contribution is 0.266. The lowest BCUT2D eigenvalue weighted by Gasteiger charge is -2.21. The Hall–Kier alpha value is -1.23. The van der Waals surface area contributed by atoms with Crippen LogP contribution in [0.25, 0.3) is 0 Å². The molecule has 0 spiro atoms. The summed E-state index contributed by atoms with van der Waals surface area (Å²) in [4.78, 5) is 8.23. The molecule has 4 heteroatoms. The number of aromatic nitrogens is 1. The summed E-state index contributed by atoms with van der Waals surface area (Å²) >= 11 is 1.79. The quantitative estimate of drug-likeness (QED) is 0.881. The molecule has 0 aliphatic rings. The van der Waals surface area contributed by atoms with Crippen molar-refractivity contribution in [3.8, 4) is 0 Å². The second-order valence-electron chi connectivity index (χ2n) is 4.73. The van der Waals surface area contributed by atoms with Gasteiger partial charge in [0.15, 0.2) is 0 Å². The van der Waals surface area contributed by atoms with E-state index in [9.17, 15) is 0 Å². The fourth-order valence-electron chi connectivity index (χ4n) is 2.16. The Morgan fingerprint density at radius 3 is 2.47 bits per heavy atom. The molecule has 0 bridgehead atoms. The number of hydrogen-bond donors (Lipinski definition) is 1. The first-order valence-electron chi connectivity index (χ1n) is 6.58. The molecule has 1 aromatic heterocycles. The summed E-state index contributed by atoms with van der Waals surface area (Å²) in [5.74, 6) is 0. The van der Waals surface area contributed by atoms with Crippen LogP contribution in [0.2, 0.25) is 0 Å². The highest BCUT2D eigenvalue weighted by Gasteiger charge is 2.11. The summed E-state index contributed by atoms with van der Waals surface area (Å²) in [7, 11) is 0. The van der Waals surface area contributed by atoms with Crippen LogP contribution in [0.1, 0.15) is 21.1 Å². The first-order valence-corrected chi connectivity index (χ1v) is 7.40. The molecule has 0 saturated heterocycles. The van der Waals surface area contributed by atoms with Gasteiger partial charge in [0.05, 0.1) is 10.7 Å². The Morgan fingerprint density at radius 1 is 1.16 bits per heavy atom. The van der Waals surface area contributed by atoms with E-state index in [-0.39, 0.29) is 0 Å². The molecule has 0 saturated carbocycles. The Labute approximate surface area is 119 Å². The second-order valence-corrected chi connectivity index (χ2v) is 6.01. The summed E-state index contributed by atoms with van der Waals surface area (Å²) in [5.41, 5.74) is 8.21. The highest BCUT2D eigenvalue weighted by molar-refractivity contribution is 7.11. The molecule has 102 valence electrons. The van der Waals surface area contributed by atoms with Crippen LogP contribution in [0.4, 0.5) is 0 Å². The van der Waals surface area contributed by atoms with E-state index in [1.807, 2.05) is 6.07 Å². The van der Waals surface area contributed by atoms with E-state index < -0.39 is 0 Å². The lowest BCUT2D eigenvalue weighted by Crippen LogP contribution is -2.28. The molecule has 2 rings (SSSR count). The van der Waals surface area contributed by atoms with Crippen molar-refractivity contribution < 1.29 is 0 Å². The Balaban J connectivity index is 2.06. The van der Waals surface area contributed by atoms with Gasteiger partial charge >= 0.3 is 0 Å². The monoisotopic (exact) mass is 275 g/mol. The van der Waals surface area contributed by atoms with Gasteiger partial charge in [0.2, 0.25) is 0 Å². The molecule has 0 unspecified atom stereocenters. The molecule has 0 fully saturated rings. The predicted molar refractivity (Wildman–Crippen MR) is 81.2 cm³/mol. The molecular weight excluding hydrogens is 254 g/mol. The van der Waals surface area contributed by atoms with Gasteiger partial charge in [-0.25, -0.2) is 4.98 Å². The first-order chi connectivity index (χ1) is 9.19. The van der Waals surface area contributed by atoms with Gasteiger partial charge in [-0.05, 0) is 19.4 Å². The van der Waals surface area contributed by atoms with Crippen molar-refractivity contribution in [2.24, 2.45) is 5.73 Å². The van der Waals surface area contributed by atoms with E-state index in [1.54, 1.807) is 11.3 Å². The van der Waals surface area contributed by atoms with E-state index in [0.29, 0.717) is 6.54 Å². The lowest BCUT2D eigenvalue weighted by atomic mass is 10.2. The van der Waals surface area contributed by atoms with Crippen LogP contribution in [-0.4, -0.2) is 23.0 Å². The maximum absolute atomic E-state index is 5.73. The van der Waals surface area contributed by atoms with Gasteiger partial charge in [-0.15, -0.1) is 11.3 Å². The van der Waals surface area contributed by atoms with Crippen LogP contribution < -0.4 is 5.73 Å². The Morgan fingerprint density at radius 2 is 1.89 bits per heavy atom. The largest absolute Gasteiger partial charge is 0.329 e. The maximum Gasteiger partial charge on any atom is 0.0900 e. The van der Waals surface area contributed by atoms with Gasteiger partial charge in [-0.2, -0.15) is 0 Å². The van der Waals surface area contributed by atoms with Crippen LogP contribution in [0.5, 0.6) is 0 Å². The number of thiazole rings is 1. The fraction of sp³-hybridized carbons (Fsp3) is 0.400. The van der Waals surface area contributed by atoms with Crippen LogP contribution >= 0.6 is 11.3 Å². The molecule has 2 aromatic rings. The second kappa shape index (κ2) is 6.80. The van der Waals surface area contributed by atoms with Crippen molar-refractivity contribution in [2.45, 2.75) is 26.9 Å². The fourth-order valence-corrected chi connectivity index (χ4v) is 3.14. The molecule has 19 heavy (non-hydrogen) atoms. The molecule has 1 aromatic carbocycles. The molecule has 0 aliphatic carbocycles. The van der Waals surface area contributed by atoms with Crippen molar-refractivity contribution in [2.75, 3.05) is 13.1 Å². The van der Waals surface area contributed by atoms with E-state index in [0.717, 1.165) is 30.3 Å². The molecule has 1 heterocycles. The van der Waals surface area contributed by atoms with Gasteiger partial charge in [-0.3, -0.25) is 4.90 Å². The van der Waals surface area contributed by atoms with Crippen molar-refractivity contribution in [3.05, 3.63) is 51.5 Å². The Kier molecular flexibility index (Phi) is 5.07. The number of nitrogens with two attached hydrogens (primary N) is 1. The summed E-state index contributed by atoms with van der Waals surface area (Å²) in [5, 5.41) is 1.14. The van der Waals surface area contributed by atoms with Crippen LogP contribution in [-0.2, 0) is 13.1 Å². The standard InChI is InChI=1S/C15H21N3S/c1-12-15(19-13(2)17-12)11-18(9-8-16)10-14-6-4-3-5-7-14/h3-7H,8-11,16H2,1-2H3. The molecule has 0 amide bonds. The minimum absolute atomic E-state index is 0.684. The van der Waals surface area contributed by atoms with Crippen molar-refractivity contribution >= 4 is 11.3 Å². The minimum Gasteiger partial charge on any atom is -0.329 e. The molecule has 2 N–H and O–H groups in total. The normalized spacial score (nSPS) is 11.2. The molecule has 3 nitrogen and oxygen atoms in total. The van der Waals surface area contributed by atoms with E-state index >= 15 is 0 Å². The third-order valence-corrected chi connectivity index (χ3v) is 4.12. The van der Waals surface area contributed by atoms with E-state index in [4.69, 9.17) is 5.73 Å². The topological polar surface area (TPSA) is 42.2 Å². The zero-order valence-electron chi connectivity index (χ0n) is 11.6. The highest BCUT2D eigenvalue weighted by atomic mass is 32.1. The smallest absolute Gasteiger partial charge is 0.0900 e. The van der Waals surface area contributed by atoms with Gasteiger partial charge < -0.3 is 5.73 Å². The number of benzene rings is 1. The average Bonchev–Trinajstić information content (AvgIpc) is 2.69. The Bertz CT molecular complexity index is 507. The highest BCUT2D eigenvalue weighted by Crippen LogP contribution is 2.20. The van der Waals surface area contributed by atoms with Gasteiger partial charge in [0, 0.05) is 31.1 Å². The van der Waals surface area contributed by atoms with E-state index in [1.165, 1.54) is 10.4 Å². The summed E-state index contributed by atoms with van der Waals surface area (Å²) < 4.78 is 0. The van der Waals surface area contributed by atoms with E-state index in [2.05, 4.69) is 48.0 Å². The van der Waals surface area contributed by atoms with Gasteiger partial charge in [0.25, 0.3) is 0 Å². The maximum atomic E-state index is 5.73. The third-order valence-electron chi connectivity index (χ3n) is 3.06. The van der Waals surface area contributed by atoms with Crippen molar-refractivity contribution in [3.63, 3.8) is 0 Å². The van der Waals surface area contributed by atoms with Gasteiger partial charge in [0.1, 0.15) is 0 Å². The van der Waals surface area contributed by atoms with Crippen LogP contribution in [0, 0.1) is 13.8 Å². The summed E-state index contributed by atoms with van der Waals surface area (Å²) in [6.45, 7) is 7.61. The molecular formula is C15H21N3S. The van der Waals surface area contributed by atoms with Crippen molar-refractivity contribution in [1.82, 2.24) is 9.88 Å². The third kappa shape index (κ3) is 4.13. The summed E-state index contributed by atoms with van der Waals surface area (Å²) in [6, 6.07) is 10.5. The minimum atomic E-state index is 0.684. The van der Waals surface area contributed by atoms with Crippen molar-refractivity contribution in [1.29, 1.82) is 0 Å². The van der Waals surface area contributed by atoms with Crippen LogP contribution in [0.3, 0.4) is 0 Å². The number of hydrogen-bond acceptors (Lipinski definition) is 4. The molecule has 0 atom stereocenters. The van der Waals surface area contributed by atoms with Gasteiger partial charge in [-0.1, -0.05) is 30.3 Å². The zero-order valence-corrected chi connectivity index (χ0v) is 12.4. The summed E-state index contributed by atoms with van der Waals surface area (Å²) in [6.07, 6.45) is 0. The first kappa shape index (κ1) is 14.2. The SMILES string of the molecule is Cc1nc(C)c(CN(CCN)Cc2ccccc2)s1. The number of aryl methyl sites for hydroxylation is 2. The van der Waals surface area contributed by atoms with Crippen LogP contribution in [0.15, 0.2) is 30.3 Å². The average molecular weight is 275 g/mol. The number of rotatable bonds is 6. The molecule has 0 aliphatic heterocycles. The molecule has 0 radical (unpaired) electrons. The number of nitrogens with zero attached hydrogens (tertiary/aromatic N) is 2. The zero-order chi connectivity index (χ0) is 13.7. The predicted octanol–water partition coefficient (Wildman–Crippen LogP) is 2.72.